The van der Waals surface area contributed by atoms with E-state index in [1.165, 1.54) is 12.4 Å². The lowest BCUT2D eigenvalue weighted by atomic mass is 9.95. The third kappa shape index (κ3) is 5.28. The van der Waals surface area contributed by atoms with Crippen LogP contribution in [0.1, 0.15) is 57.1 Å². The smallest absolute Gasteiger partial charge is 0.339 e. The van der Waals surface area contributed by atoms with E-state index in [9.17, 15) is 22.4 Å². The second-order valence-electron chi connectivity index (χ2n) is 8.14. The van der Waals surface area contributed by atoms with E-state index in [1.807, 2.05) is 20.8 Å². The molecule has 9 heteroatoms. The molecule has 2 rings (SSSR count). The number of benzene rings is 1. The van der Waals surface area contributed by atoms with Gasteiger partial charge in [-0.1, -0.05) is 26.3 Å². The molecule has 0 aliphatic carbocycles. The summed E-state index contributed by atoms with van der Waals surface area (Å²) >= 11 is 0. The average Bonchev–Trinajstić information content (AvgIpc) is 2.69. The summed E-state index contributed by atoms with van der Waals surface area (Å²) in [4.78, 5) is 21.1. The molecule has 2 aromatic rings. The van der Waals surface area contributed by atoms with Crippen LogP contribution in [0, 0.1) is 23.3 Å². The lowest BCUT2D eigenvalue weighted by Crippen LogP contribution is -2.17. The summed E-state index contributed by atoms with van der Waals surface area (Å²) in [5.74, 6) is -6.86. The maximum Gasteiger partial charge on any atom is 0.339 e. The van der Waals surface area contributed by atoms with Gasteiger partial charge in [-0.25, -0.2) is 32.3 Å². The number of esters is 1. The Balaban J connectivity index is 2.31. The van der Waals surface area contributed by atoms with Gasteiger partial charge in [0.15, 0.2) is 23.3 Å². The molecule has 5 nitrogen and oxygen atoms in total. The van der Waals surface area contributed by atoms with Gasteiger partial charge in [0, 0.05) is 30.5 Å². The normalized spacial score (nSPS) is 11.4. The third-order valence-electron chi connectivity index (χ3n) is 4.40. The number of halogens is 4. The second kappa shape index (κ2) is 9.55. The Morgan fingerprint density at radius 2 is 1.35 bits per heavy atom. The van der Waals surface area contributed by atoms with Gasteiger partial charge < -0.3 is 9.47 Å². The van der Waals surface area contributed by atoms with E-state index < -0.39 is 53.6 Å². The summed E-state index contributed by atoms with van der Waals surface area (Å²) in [7, 11) is 1.13. The number of aromatic nitrogens is 2. The first-order valence-electron chi connectivity index (χ1n) is 9.40. The summed E-state index contributed by atoms with van der Waals surface area (Å²) in [5, 5.41) is 0. The van der Waals surface area contributed by atoms with E-state index in [1.54, 1.807) is 13.8 Å². The van der Waals surface area contributed by atoms with Crippen molar-refractivity contribution in [3.05, 3.63) is 63.8 Å². The fourth-order valence-electron chi connectivity index (χ4n) is 2.79. The molecule has 0 spiro atoms. The summed E-state index contributed by atoms with van der Waals surface area (Å²) in [6.07, 6.45) is 2.88. The van der Waals surface area contributed by atoms with Gasteiger partial charge in [-0.15, -0.1) is 0 Å². The number of rotatable bonds is 6. The van der Waals surface area contributed by atoms with E-state index in [2.05, 4.69) is 14.7 Å². The Morgan fingerprint density at radius 3 is 1.74 bits per heavy atom. The van der Waals surface area contributed by atoms with Crippen molar-refractivity contribution < 1.29 is 31.8 Å². The van der Waals surface area contributed by atoms with E-state index >= 15 is 0 Å². The van der Waals surface area contributed by atoms with Crippen LogP contribution in [-0.2, 0) is 32.9 Å². The summed E-state index contributed by atoms with van der Waals surface area (Å²) in [6.45, 7) is 7.39. The molecule has 1 aromatic heterocycles. The number of hydrogen-bond donors (Lipinski definition) is 0. The largest absolute Gasteiger partial charge is 0.457 e. The molecule has 168 valence electrons. The Labute approximate surface area is 178 Å². The van der Waals surface area contributed by atoms with Gasteiger partial charge in [-0.05, 0) is 13.8 Å². The second-order valence-corrected chi connectivity index (χ2v) is 8.14. The molecule has 0 amide bonds. The molecule has 0 fully saturated rings. The highest BCUT2D eigenvalue weighted by Gasteiger charge is 2.27. The van der Waals surface area contributed by atoms with Crippen LogP contribution in [0.15, 0.2) is 18.0 Å². The number of carbonyl (C=O) groups is 1. The van der Waals surface area contributed by atoms with Gasteiger partial charge in [0.2, 0.25) is 0 Å². The Morgan fingerprint density at radius 1 is 0.903 bits per heavy atom. The highest BCUT2D eigenvalue weighted by atomic mass is 19.2. The van der Waals surface area contributed by atoms with E-state index in [4.69, 9.17) is 4.74 Å². The minimum atomic E-state index is -1.64. The van der Waals surface area contributed by atoms with Gasteiger partial charge in [-0.3, -0.25) is 0 Å². The molecule has 0 aliphatic rings. The predicted molar refractivity (Wildman–Crippen MR) is 106 cm³/mol. The van der Waals surface area contributed by atoms with Crippen molar-refractivity contribution in [3.8, 4) is 0 Å². The van der Waals surface area contributed by atoms with Crippen molar-refractivity contribution in [3.63, 3.8) is 0 Å². The number of allylic oxidation sites excluding steroid dienone is 1. The Bertz CT molecular complexity index is 980. The van der Waals surface area contributed by atoms with Gasteiger partial charge in [0.1, 0.15) is 12.4 Å². The van der Waals surface area contributed by atoms with Crippen LogP contribution in [0.3, 0.4) is 0 Å². The molecule has 0 radical (unpaired) electrons. The number of hydrogen-bond acceptors (Lipinski definition) is 5. The zero-order valence-electron chi connectivity index (χ0n) is 18.2. The van der Waals surface area contributed by atoms with Crippen molar-refractivity contribution in [1.29, 1.82) is 0 Å². The molecule has 0 saturated heterocycles. The van der Waals surface area contributed by atoms with Crippen LogP contribution in [0.25, 0.3) is 5.57 Å². The molecule has 0 bridgehead atoms. The van der Waals surface area contributed by atoms with Crippen LogP contribution in [-0.4, -0.2) is 23.0 Å². The van der Waals surface area contributed by atoms with Crippen LogP contribution in [0.5, 0.6) is 0 Å². The average molecular weight is 440 g/mol. The van der Waals surface area contributed by atoms with E-state index in [0.717, 1.165) is 7.11 Å². The number of methoxy groups -OCH3 is 1. The number of carbonyl (C=O) groups excluding carboxylic acids is 1. The fraction of sp³-hybridized carbons (Fsp3) is 0.409. The minimum absolute atomic E-state index is 0.0817. The van der Waals surface area contributed by atoms with Crippen molar-refractivity contribution in [2.45, 2.75) is 53.2 Å². The highest BCUT2D eigenvalue weighted by molar-refractivity contribution is 6.17. The quantitative estimate of drug-likeness (QED) is 0.273. The summed E-state index contributed by atoms with van der Waals surface area (Å²) in [6, 6.07) is 0. The topological polar surface area (TPSA) is 61.3 Å². The molecule has 0 aliphatic heterocycles. The van der Waals surface area contributed by atoms with Crippen molar-refractivity contribution >= 4 is 11.5 Å². The molecular formula is C22H24F4N2O3. The predicted octanol–water partition coefficient (Wildman–Crippen LogP) is 5.01. The van der Waals surface area contributed by atoms with Crippen LogP contribution in [0.4, 0.5) is 17.6 Å². The molecule has 31 heavy (non-hydrogen) atoms. The number of nitrogens with zero attached hydrogens (tertiary/aromatic N) is 2. The molecular weight excluding hydrogens is 416 g/mol. The highest BCUT2D eigenvalue weighted by Crippen LogP contribution is 2.27. The van der Waals surface area contributed by atoms with Gasteiger partial charge in [0.05, 0.1) is 23.3 Å². The molecule has 1 heterocycles. The maximum atomic E-state index is 14.3. The van der Waals surface area contributed by atoms with Crippen LogP contribution >= 0.6 is 0 Å². The zero-order chi connectivity index (χ0) is 23.5. The molecule has 1 aromatic carbocycles. The first-order valence-corrected chi connectivity index (χ1v) is 9.40. The van der Waals surface area contributed by atoms with E-state index in [-0.39, 0.29) is 11.0 Å². The first-order chi connectivity index (χ1) is 14.4. The lowest BCUT2D eigenvalue weighted by molar-refractivity contribution is -0.138. The van der Waals surface area contributed by atoms with E-state index in [0.29, 0.717) is 17.0 Å². The summed E-state index contributed by atoms with van der Waals surface area (Å²) in [5.41, 5.74) is -1.26. The molecule has 0 N–H and O–H groups in total. The Hall–Kier alpha value is -2.81. The molecule has 0 saturated carbocycles. The van der Waals surface area contributed by atoms with Crippen molar-refractivity contribution in [1.82, 2.24) is 9.97 Å². The standard InChI is InChI=1S/C22H24F4N2O3/c1-11(2)15(12-7-27-21(28-8-12)22(3,4)5)20(29)31-10-14-18(25)16(23)13(9-30-6)17(24)19(14)26/h7-8H,9-10H2,1-6H3. The van der Waals surface area contributed by atoms with Gasteiger partial charge >= 0.3 is 5.97 Å². The monoisotopic (exact) mass is 440 g/mol. The van der Waals surface area contributed by atoms with Crippen LogP contribution < -0.4 is 0 Å². The van der Waals surface area contributed by atoms with Crippen molar-refractivity contribution in [2.75, 3.05) is 7.11 Å². The molecule has 0 atom stereocenters. The van der Waals surface area contributed by atoms with Crippen molar-refractivity contribution in [2.24, 2.45) is 0 Å². The number of ether oxygens (including phenoxy) is 2. The molecule has 0 unspecified atom stereocenters. The maximum absolute atomic E-state index is 14.3. The zero-order valence-corrected chi connectivity index (χ0v) is 18.2. The summed E-state index contributed by atoms with van der Waals surface area (Å²) < 4.78 is 66.2. The lowest BCUT2D eigenvalue weighted by Gasteiger charge is -2.17. The minimum Gasteiger partial charge on any atom is -0.457 e. The van der Waals surface area contributed by atoms with Gasteiger partial charge in [-0.2, -0.15) is 0 Å². The SMILES string of the molecule is COCc1c(F)c(F)c(COC(=O)C(=C(C)C)c2cnc(C(C)(C)C)nc2)c(F)c1F. The van der Waals surface area contributed by atoms with Crippen LogP contribution in [0.2, 0.25) is 0 Å². The van der Waals surface area contributed by atoms with Gasteiger partial charge in [0.25, 0.3) is 0 Å². The third-order valence-corrected chi connectivity index (χ3v) is 4.40. The Kier molecular flexibility index (Phi) is 7.54. The first kappa shape index (κ1) is 24.5. The fourth-order valence-corrected chi connectivity index (χ4v) is 2.79.